The monoisotopic (exact) mass is 224 g/mol. The molecule has 2 unspecified atom stereocenters. The van der Waals surface area contributed by atoms with Crippen LogP contribution in [0, 0.1) is 17.8 Å². The van der Waals surface area contributed by atoms with E-state index in [0.29, 0.717) is 17.8 Å². The van der Waals surface area contributed by atoms with E-state index in [-0.39, 0.29) is 0 Å². The second-order valence-corrected chi connectivity index (χ2v) is 5.14. The molecule has 1 aliphatic carbocycles. The Morgan fingerprint density at radius 1 is 1.07 bits per heavy atom. The molecule has 84 valence electrons. The molecule has 0 fully saturated rings. The summed E-state index contributed by atoms with van der Waals surface area (Å²) in [5, 5.41) is 0.906. The molecule has 15 heavy (non-hydrogen) atoms. The molecular weight excluding hydrogens is 204 g/mol. The molecule has 0 spiro atoms. The van der Waals surface area contributed by atoms with E-state index in [1.165, 1.54) is 5.57 Å². The van der Waals surface area contributed by atoms with Crippen LogP contribution in [0.4, 0.5) is 0 Å². The van der Waals surface area contributed by atoms with Crippen LogP contribution in [0.5, 0.6) is 0 Å². The Balaban J connectivity index is 2.90. The van der Waals surface area contributed by atoms with Crippen molar-refractivity contribution in [2.45, 2.75) is 34.1 Å². The first-order chi connectivity index (χ1) is 7.04. The highest BCUT2D eigenvalue weighted by molar-refractivity contribution is 6.31. The van der Waals surface area contributed by atoms with Gasteiger partial charge in [-0.2, -0.15) is 0 Å². The van der Waals surface area contributed by atoms with Crippen LogP contribution < -0.4 is 0 Å². The van der Waals surface area contributed by atoms with E-state index < -0.39 is 0 Å². The molecule has 0 aliphatic heterocycles. The highest BCUT2D eigenvalue weighted by Crippen LogP contribution is 2.31. The zero-order chi connectivity index (χ0) is 11.4. The Morgan fingerprint density at radius 2 is 1.67 bits per heavy atom. The van der Waals surface area contributed by atoms with Gasteiger partial charge in [-0.1, -0.05) is 57.5 Å². The van der Waals surface area contributed by atoms with Crippen LogP contribution in [0.3, 0.4) is 0 Å². The van der Waals surface area contributed by atoms with Crippen molar-refractivity contribution in [3.8, 4) is 0 Å². The summed E-state index contributed by atoms with van der Waals surface area (Å²) in [6.07, 6.45) is 9.50. The molecule has 2 atom stereocenters. The summed E-state index contributed by atoms with van der Waals surface area (Å²) in [7, 11) is 0. The number of halogens is 1. The Morgan fingerprint density at radius 3 is 2.27 bits per heavy atom. The lowest BCUT2D eigenvalue weighted by atomic mass is 9.81. The third-order valence-corrected chi connectivity index (χ3v) is 3.78. The number of allylic oxidation sites excluding steroid dienone is 6. The van der Waals surface area contributed by atoms with Crippen LogP contribution in [0.2, 0.25) is 0 Å². The summed E-state index contributed by atoms with van der Waals surface area (Å²) in [6, 6.07) is 0. The first kappa shape index (κ1) is 12.6. The second kappa shape index (κ2) is 5.55. The van der Waals surface area contributed by atoms with E-state index in [2.05, 4.69) is 45.9 Å². The summed E-state index contributed by atoms with van der Waals surface area (Å²) in [4.78, 5) is 0. The molecule has 1 aliphatic rings. The SMILES string of the molecule is CC(C)C(C)C(C)C1=C(Cl)C=CCC=C1. The molecule has 0 aromatic rings. The number of rotatable bonds is 3. The minimum atomic E-state index is 0.525. The molecule has 0 saturated heterocycles. The van der Waals surface area contributed by atoms with Gasteiger partial charge < -0.3 is 0 Å². The Hall–Kier alpha value is -0.490. The lowest BCUT2D eigenvalue weighted by molar-refractivity contribution is 0.334. The van der Waals surface area contributed by atoms with Crippen molar-refractivity contribution >= 4 is 11.6 Å². The standard InChI is InChI=1S/C14H21Cl/c1-10(2)11(3)12(4)13-8-6-5-7-9-14(13)15/h6-12H,5H2,1-4H3. The molecule has 0 saturated carbocycles. The van der Waals surface area contributed by atoms with Crippen LogP contribution >= 0.6 is 11.6 Å². The van der Waals surface area contributed by atoms with Crippen molar-refractivity contribution in [3.05, 3.63) is 34.9 Å². The smallest absolute Gasteiger partial charge is 0.0437 e. The fourth-order valence-corrected chi connectivity index (χ4v) is 2.17. The van der Waals surface area contributed by atoms with Crippen LogP contribution in [-0.4, -0.2) is 0 Å². The van der Waals surface area contributed by atoms with Crippen molar-refractivity contribution in [3.63, 3.8) is 0 Å². The van der Waals surface area contributed by atoms with Gasteiger partial charge in [0.2, 0.25) is 0 Å². The maximum absolute atomic E-state index is 6.27. The lowest BCUT2D eigenvalue weighted by Gasteiger charge is -2.25. The highest BCUT2D eigenvalue weighted by Gasteiger charge is 2.20. The number of hydrogen-bond donors (Lipinski definition) is 0. The van der Waals surface area contributed by atoms with Gasteiger partial charge in [0.25, 0.3) is 0 Å². The topological polar surface area (TPSA) is 0 Å². The molecule has 1 rings (SSSR count). The van der Waals surface area contributed by atoms with Gasteiger partial charge >= 0.3 is 0 Å². The molecule has 0 bridgehead atoms. The van der Waals surface area contributed by atoms with E-state index in [0.717, 1.165) is 11.5 Å². The van der Waals surface area contributed by atoms with Crippen LogP contribution in [0.15, 0.2) is 34.9 Å². The van der Waals surface area contributed by atoms with Gasteiger partial charge in [0.05, 0.1) is 0 Å². The predicted molar refractivity (Wildman–Crippen MR) is 68.9 cm³/mol. The fourth-order valence-electron chi connectivity index (χ4n) is 1.85. The van der Waals surface area contributed by atoms with Crippen LogP contribution in [0.25, 0.3) is 0 Å². The van der Waals surface area contributed by atoms with E-state index in [9.17, 15) is 0 Å². The second-order valence-electron chi connectivity index (χ2n) is 4.74. The largest absolute Gasteiger partial charge is 0.0840 e. The van der Waals surface area contributed by atoms with E-state index in [1.54, 1.807) is 0 Å². The van der Waals surface area contributed by atoms with Gasteiger partial charge in [0.1, 0.15) is 0 Å². The summed E-state index contributed by atoms with van der Waals surface area (Å²) in [5.41, 5.74) is 1.28. The molecule has 0 amide bonds. The van der Waals surface area contributed by atoms with Crippen molar-refractivity contribution < 1.29 is 0 Å². The fraction of sp³-hybridized carbons (Fsp3) is 0.571. The van der Waals surface area contributed by atoms with Gasteiger partial charge in [-0.3, -0.25) is 0 Å². The van der Waals surface area contributed by atoms with E-state index in [1.807, 2.05) is 6.08 Å². The average molecular weight is 225 g/mol. The Kier molecular flexibility index (Phi) is 4.66. The summed E-state index contributed by atoms with van der Waals surface area (Å²) < 4.78 is 0. The molecule has 0 heterocycles. The zero-order valence-corrected chi connectivity index (χ0v) is 10.9. The molecule has 0 nitrogen and oxygen atoms in total. The highest BCUT2D eigenvalue weighted by atomic mass is 35.5. The minimum Gasteiger partial charge on any atom is -0.0840 e. The van der Waals surface area contributed by atoms with Crippen LogP contribution in [0.1, 0.15) is 34.1 Å². The third-order valence-electron chi connectivity index (χ3n) is 3.44. The van der Waals surface area contributed by atoms with E-state index in [4.69, 9.17) is 11.6 Å². The summed E-state index contributed by atoms with van der Waals surface area (Å²) in [5.74, 6) is 1.87. The minimum absolute atomic E-state index is 0.525. The van der Waals surface area contributed by atoms with Crippen LogP contribution in [-0.2, 0) is 0 Å². The van der Waals surface area contributed by atoms with Crippen molar-refractivity contribution in [1.82, 2.24) is 0 Å². The Bertz CT molecular complexity index is 294. The van der Waals surface area contributed by atoms with Gasteiger partial charge in [-0.25, -0.2) is 0 Å². The quantitative estimate of drug-likeness (QED) is 0.638. The molecule has 0 aromatic carbocycles. The molecule has 1 heteroatoms. The molecular formula is C14H21Cl. The van der Waals surface area contributed by atoms with Gasteiger partial charge in [0, 0.05) is 5.03 Å². The van der Waals surface area contributed by atoms with Gasteiger partial charge in [0.15, 0.2) is 0 Å². The van der Waals surface area contributed by atoms with Crippen molar-refractivity contribution in [2.75, 3.05) is 0 Å². The lowest BCUT2D eigenvalue weighted by Crippen LogP contribution is -2.16. The maximum atomic E-state index is 6.27. The van der Waals surface area contributed by atoms with Gasteiger partial charge in [-0.15, -0.1) is 0 Å². The zero-order valence-electron chi connectivity index (χ0n) is 10.1. The predicted octanol–water partition coefficient (Wildman–Crippen LogP) is 4.92. The summed E-state index contributed by atoms with van der Waals surface area (Å²) >= 11 is 6.27. The molecule has 0 radical (unpaired) electrons. The van der Waals surface area contributed by atoms with Gasteiger partial charge in [-0.05, 0) is 35.8 Å². The van der Waals surface area contributed by atoms with E-state index >= 15 is 0 Å². The van der Waals surface area contributed by atoms with Crippen molar-refractivity contribution in [2.24, 2.45) is 17.8 Å². The molecule has 0 N–H and O–H groups in total. The Labute approximate surface area is 98.7 Å². The molecule has 0 aromatic heterocycles. The first-order valence-electron chi connectivity index (χ1n) is 5.76. The average Bonchev–Trinajstić information content (AvgIpc) is 2.40. The number of hydrogen-bond acceptors (Lipinski definition) is 0. The van der Waals surface area contributed by atoms with Crippen molar-refractivity contribution in [1.29, 1.82) is 0 Å². The maximum Gasteiger partial charge on any atom is 0.0437 e. The normalized spacial score (nSPS) is 20.7. The third kappa shape index (κ3) is 3.24. The first-order valence-corrected chi connectivity index (χ1v) is 6.14. The summed E-state index contributed by atoms with van der Waals surface area (Å²) in [6.45, 7) is 9.11.